The molecule has 2 aliphatic rings. The average Bonchev–Trinajstić information content (AvgIpc) is 3.37. The smallest absolute Gasteiger partial charge is 0.0950 e. The van der Waals surface area contributed by atoms with Crippen LogP contribution in [0.25, 0.3) is 11.3 Å². The summed E-state index contributed by atoms with van der Waals surface area (Å²) in [6.45, 7) is 5.36. The minimum Gasteiger partial charge on any atom is -0.302 e. The first kappa shape index (κ1) is 16.2. The van der Waals surface area contributed by atoms with E-state index in [2.05, 4.69) is 43.9 Å². The van der Waals surface area contributed by atoms with Gasteiger partial charge in [-0.1, -0.05) is 6.07 Å². The van der Waals surface area contributed by atoms with Crippen molar-refractivity contribution in [3.05, 3.63) is 40.7 Å². The lowest BCUT2D eigenvalue weighted by Gasteiger charge is -2.27. The molecule has 4 heterocycles. The molecule has 0 aliphatic carbocycles. The molecule has 0 saturated carbocycles. The van der Waals surface area contributed by atoms with E-state index in [4.69, 9.17) is 4.84 Å². The van der Waals surface area contributed by atoms with Crippen LogP contribution in [0.1, 0.15) is 31.2 Å². The van der Waals surface area contributed by atoms with Crippen molar-refractivity contribution in [2.75, 3.05) is 26.2 Å². The molecule has 24 heavy (non-hydrogen) atoms. The third-order valence-corrected chi connectivity index (χ3v) is 5.71. The number of rotatable bonds is 6. The fourth-order valence-electron chi connectivity index (χ4n) is 3.67. The maximum Gasteiger partial charge on any atom is 0.0950 e. The first-order valence-electron chi connectivity index (χ1n) is 8.98. The molecule has 2 saturated heterocycles. The highest BCUT2D eigenvalue weighted by Gasteiger charge is 2.28. The van der Waals surface area contributed by atoms with E-state index in [1.807, 2.05) is 6.20 Å². The summed E-state index contributed by atoms with van der Waals surface area (Å²) in [6, 6.07) is 6.88. The van der Waals surface area contributed by atoms with Crippen LogP contribution >= 0.6 is 11.3 Å². The predicted molar refractivity (Wildman–Crippen MR) is 97.7 cm³/mol. The Hall–Kier alpha value is -1.27. The fraction of sp³-hybridized carbons (Fsp3) is 0.526. The Labute approximate surface area is 148 Å². The van der Waals surface area contributed by atoms with Crippen molar-refractivity contribution in [2.24, 2.45) is 0 Å². The largest absolute Gasteiger partial charge is 0.302 e. The summed E-state index contributed by atoms with van der Waals surface area (Å²) in [4.78, 5) is 13.3. The number of nitrogens with zero attached hydrogens (tertiary/aromatic N) is 3. The Kier molecular flexibility index (Phi) is 5.23. The lowest BCUT2D eigenvalue weighted by Crippen LogP contribution is -2.39. The lowest BCUT2D eigenvalue weighted by molar-refractivity contribution is -0.181. The van der Waals surface area contributed by atoms with E-state index in [1.54, 1.807) is 11.3 Å². The minimum absolute atomic E-state index is 0.557. The molecule has 0 bridgehead atoms. The summed E-state index contributed by atoms with van der Waals surface area (Å²) in [5.41, 5.74) is 3.37. The summed E-state index contributed by atoms with van der Waals surface area (Å²) >= 11 is 1.70. The molecule has 5 heteroatoms. The van der Waals surface area contributed by atoms with Crippen LogP contribution in [-0.2, 0) is 11.4 Å². The summed E-state index contributed by atoms with van der Waals surface area (Å²) in [7, 11) is 0. The van der Waals surface area contributed by atoms with Gasteiger partial charge in [0.1, 0.15) is 0 Å². The third-order valence-electron chi connectivity index (χ3n) is 5.03. The normalized spacial score (nSPS) is 22.4. The molecule has 4 nitrogen and oxygen atoms in total. The van der Waals surface area contributed by atoms with E-state index in [0.29, 0.717) is 12.6 Å². The van der Waals surface area contributed by atoms with E-state index in [1.165, 1.54) is 44.3 Å². The van der Waals surface area contributed by atoms with Gasteiger partial charge in [0.05, 0.1) is 12.3 Å². The zero-order valence-electron chi connectivity index (χ0n) is 14.1. The predicted octanol–water partition coefficient (Wildman–Crippen LogP) is 3.80. The topological polar surface area (TPSA) is 28.6 Å². The van der Waals surface area contributed by atoms with Crippen molar-refractivity contribution in [3.63, 3.8) is 0 Å². The van der Waals surface area contributed by atoms with E-state index >= 15 is 0 Å². The van der Waals surface area contributed by atoms with Gasteiger partial charge in [0, 0.05) is 36.3 Å². The van der Waals surface area contributed by atoms with Gasteiger partial charge in [0.15, 0.2) is 0 Å². The Morgan fingerprint density at radius 1 is 1.12 bits per heavy atom. The van der Waals surface area contributed by atoms with Gasteiger partial charge in [-0.05, 0) is 61.8 Å². The number of thiophene rings is 1. The number of likely N-dealkylation sites (tertiary alicyclic amines) is 1. The first-order chi connectivity index (χ1) is 11.9. The molecular weight excluding hydrogens is 318 g/mol. The van der Waals surface area contributed by atoms with Gasteiger partial charge >= 0.3 is 0 Å². The molecule has 128 valence electrons. The van der Waals surface area contributed by atoms with Gasteiger partial charge in [-0.25, -0.2) is 0 Å². The molecule has 1 atom stereocenters. The van der Waals surface area contributed by atoms with Gasteiger partial charge in [-0.15, -0.1) is 0 Å². The maximum absolute atomic E-state index is 6.11. The van der Waals surface area contributed by atoms with Crippen LogP contribution in [-0.4, -0.2) is 47.2 Å². The van der Waals surface area contributed by atoms with Gasteiger partial charge in [-0.2, -0.15) is 16.4 Å². The molecule has 0 amide bonds. The van der Waals surface area contributed by atoms with Crippen LogP contribution in [0.2, 0.25) is 0 Å². The van der Waals surface area contributed by atoms with Crippen molar-refractivity contribution in [1.82, 2.24) is 14.9 Å². The van der Waals surface area contributed by atoms with E-state index in [-0.39, 0.29) is 0 Å². The molecule has 2 aromatic heterocycles. The summed E-state index contributed by atoms with van der Waals surface area (Å²) in [5.74, 6) is 0. The molecule has 0 aromatic carbocycles. The second-order valence-electron chi connectivity index (χ2n) is 6.78. The summed E-state index contributed by atoms with van der Waals surface area (Å²) in [6.07, 6.45) is 7.16. The zero-order chi connectivity index (χ0) is 16.2. The molecule has 2 aromatic rings. The van der Waals surface area contributed by atoms with Gasteiger partial charge < -0.3 is 4.90 Å². The monoisotopic (exact) mass is 343 g/mol. The molecule has 0 N–H and O–H groups in total. The molecule has 1 unspecified atom stereocenters. The van der Waals surface area contributed by atoms with E-state index < -0.39 is 0 Å². The second-order valence-corrected chi connectivity index (χ2v) is 7.56. The molecule has 0 radical (unpaired) electrons. The maximum atomic E-state index is 6.11. The lowest BCUT2D eigenvalue weighted by atomic mass is 10.2. The molecule has 4 rings (SSSR count). The highest BCUT2D eigenvalue weighted by atomic mass is 32.1. The van der Waals surface area contributed by atoms with E-state index in [9.17, 15) is 0 Å². The Morgan fingerprint density at radius 2 is 2.04 bits per heavy atom. The highest BCUT2D eigenvalue weighted by molar-refractivity contribution is 7.08. The second kappa shape index (κ2) is 7.74. The number of hydroxylamine groups is 2. The van der Waals surface area contributed by atoms with Crippen LogP contribution in [0.15, 0.2) is 35.2 Å². The number of hydrogen-bond acceptors (Lipinski definition) is 5. The van der Waals surface area contributed by atoms with Crippen LogP contribution in [0.5, 0.6) is 0 Å². The molecule has 2 aliphatic heterocycles. The van der Waals surface area contributed by atoms with Crippen molar-refractivity contribution in [3.8, 4) is 11.3 Å². The molecule has 0 spiro atoms. The van der Waals surface area contributed by atoms with Crippen LogP contribution < -0.4 is 0 Å². The Balaban J connectivity index is 1.30. The average molecular weight is 343 g/mol. The molecule has 2 fully saturated rings. The summed E-state index contributed by atoms with van der Waals surface area (Å²) in [5, 5.41) is 6.43. The summed E-state index contributed by atoms with van der Waals surface area (Å²) < 4.78 is 0. The van der Waals surface area contributed by atoms with Gasteiger partial charge in [-0.3, -0.25) is 9.82 Å². The van der Waals surface area contributed by atoms with Crippen molar-refractivity contribution in [2.45, 2.75) is 38.3 Å². The zero-order valence-corrected chi connectivity index (χ0v) is 14.9. The van der Waals surface area contributed by atoms with Crippen molar-refractivity contribution < 1.29 is 4.84 Å². The fourth-order valence-corrected chi connectivity index (χ4v) is 4.32. The minimum atomic E-state index is 0.557. The number of pyridine rings is 1. The standard InChI is InChI=1S/C19H25N3OS/c1-2-9-21(8-1)13-18-4-3-10-22(18)23-14-16-5-6-19(20-12-16)17-7-11-24-15-17/h5-7,11-12,15,18H,1-4,8-10,13-14H2. The van der Waals surface area contributed by atoms with Crippen LogP contribution in [0.4, 0.5) is 0 Å². The first-order valence-corrected chi connectivity index (χ1v) is 9.92. The van der Waals surface area contributed by atoms with Crippen molar-refractivity contribution in [1.29, 1.82) is 0 Å². The van der Waals surface area contributed by atoms with E-state index in [0.717, 1.165) is 24.3 Å². The quantitative estimate of drug-likeness (QED) is 0.798. The number of aromatic nitrogens is 1. The molecular formula is C19H25N3OS. The third kappa shape index (κ3) is 3.86. The van der Waals surface area contributed by atoms with Gasteiger partial charge in [0.25, 0.3) is 0 Å². The Bertz CT molecular complexity index is 623. The highest BCUT2D eigenvalue weighted by Crippen LogP contribution is 2.23. The van der Waals surface area contributed by atoms with Gasteiger partial charge in [0.2, 0.25) is 0 Å². The van der Waals surface area contributed by atoms with Crippen molar-refractivity contribution >= 4 is 11.3 Å². The van der Waals surface area contributed by atoms with Crippen LogP contribution in [0.3, 0.4) is 0 Å². The SMILES string of the molecule is c1cc(-c2ccc(CON3CCCC3CN3CCCC3)cn2)cs1. The van der Waals surface area contributed by atoms with Crippen LogP contribution in [0, 0.1) is 0 Å². The number of hydrogen-bond donors (Lipinski definition) is 0. The Morgan fingerprint density at radius 3 is 2.79 bits per heavy atom.